The summed E-state index contributed by atoms with van der Waals surface area (Å²) in [6.45, 7) is 0. The molecular weight excluding hydrogens is 259 g/mol. The number of nitrogens with two attached hydrogens (primary N) is 1. The maximum absolute atomic E-state index is 12.6. The van der Waals surface area contributed by atoms with Crippen LogP contribution in [0.5, 0.6) is 0 Å². The van der Waals surface area contributed by atoms with Crippen molar-refractivity contribution in [3.63, 3.8) is 0 Å². The number of halogens is 3. The van der Waals surface area contributed by atoms with Gasteiger partial charge in [-0.05, 0) is 31.0 Å². The molecule has 3 rings (SSSR count). The van der Waals surface area contributed by atoms with Gasteiger partial charge in [-0.3, -0.25) is 4.79 Å². The van der Waals surface area contributed by atoms with Gasteiger partial charge in [0.25, 0.3) is 5.56 Å². The van der Waals surface area contributed by atoms with Gasteiger partial charge in [0.2, 0.25) is 0 Å². The minimum atomic E-state index is -4.45. The molecule has 1 heterocycles. The van der Waals surface area contributed by atoms with E-state index in [0.717, 1.165) is 35.7 Å². The first-order valence-corrected chi connectivity index (χ1v) is 5.77. The third kappa shape index (κ3) is 1.94. The summed E-state index contributed by atoms with van der Waals surface area (Å²) in [4.78, 5) is 16.1. The lowest BCUT2D eigenvalue weighted by Crippen LogP contribution is -2.31. The highest BCUT2D eigenvalue weighted by atomic mass is 19.4. The molecule has 0 radical (unpaired) electrons. The molecule has 7 heteroatoms. The maximum atomic E-state index is 12.6. The highest BCUT2D eigenvalue weighted by molar-refractivity contribution is 5.78. The molecule has 19 heavy (non-hydrogen) atoms. The van der Waals surface area contributed by atoms with Gasteiger partial charge in [0.05, 0.1) is 16.5 Å². The zero-order valence-corrected chi connectivity index (χ0v) is 9.74. The van der Waals surface area contributed by atoms with Gasteiger partial charge in [-0.2, -0.15) is 13.2 Å². The minimum absolute atomic E-state index is 0.0448. The third-order valence-corrected chi connectivity index (χ3v) is 3.20. The fourth-order valence-corrected chi connectivity index (χ4v) is 2.02. The van der Waals surface area contributed by atoms with E-state index in [4.69, 9.17) is 5.84 Å². The van der Waals surface area contributed by atoms with Crippen LogP contribution in [0.4, 0.5) is 13.2 Å². The van der Waals surface area contributed by atoms with Gasteiger partial charge >= 0.3 is 6.18 Å². The van der Waals surface area contributed by atoms with Crippen LogP contribution >= 0.6 is 0 Å². The minimum Gasteiger partial charge on any atom is -0.335 e. The Bertz CT molecular complexity index is 716. The molecule has 0 spiro atoms. The molecule has 0 atom stereocenters. The second-order valence-electron chi connectivity index (χ2n) is 4.65. The number of hydrogen-bond acceptors (Lipinski definition) is 3. The number of nitrogens with zero attached hydrogens (tertiary/aromatic N) is 2. The van der Waals surface area contributed by atoms with Crippen molar-refractivity contribution in [2.24, 2.45) is 0 Å². The first-order valence-electron chi connectivity index (χ1n) is 5.77. The van der Waals surface area contributed by atoms with Crippen LogP contribution in [0.2, 0.25) is 0 Å². The van der Waals surface area contributed by atoms with Crippen molar-refractivity contribution in [2.45, 2.75) is 24.9 Å². The summed E-state index contributed by atoms with van der Waals surface area (Å²) in [5, 5.41) is 0.0971. The molecule has 0 amide bonds. The Hall–Kier alpha value is -2.05. The molecule has 1 aromatic carbocycles. The monoisotopic (exact) mass is 269 g/mol. The van der Waals surface area contributed by atoms with Crippen LogP contribution in [-0.2, 0) is 6.18 Å². The van der Waals surface area contributed by atoms with E-state index in [1.54, 1.807) is 0 Å². The van der Waals surface area contributed by atoms with Gasteiger partial charge in [-0.25, -0.2) is 9.66 Å². The van der Waals surface area contributed by atoms with Crippen molar-refractivity contribution >= 4 is 10.9 Å². The zero-order valence-electron chi connectivity index (χ0n) is 9.74. The Balaban J connectivity index is 2.28. The summed E-state index contributed by atoms with van der Waals surface area (Å²) in [6.07, 6.45) is -2.74. The Labute approximate surface area is 105 Å². The number of alkyl halides is 3. The molecule has 1 aliphatic carbocycles. The largest absolute Gasteiger partial charge is 0.416 e. The molecule has 0 aliphatic heterocycles. The molecule has 100 valence electrons. The maximum Gasteiger partial charge on any atom is 0.416 e. The number of aromatic nitrogens is 2. The molecule has 1 fully saturated rings. The summed E-state index contributed by atoms with van der Waals surface area (Å²) in [5.74, 6) is 6.07. The second kappa shape index (κ2) is 3.72. The standard InChI is InChI=1S/C12H10F3N3O/c13-12(14,15)7-3-4-8-9(5-7)17-10(6-1-2-6)18(16)11(8)19/h3-6H,1-2,16H2. The number of rotatable bonds is 1. The molecule has 2 N–H and O–H groups in total. The molecule has 4 nitrogen and oxygen atoms in total. The van der Waals surface area contributed by atoms with Crippen LogP contribution in [0.3, 0.4) is 0 Å². The lowest BCUT2D eigenvalue weighted by molar-refractivity contribution is -0.137. The van der Waals surface area contributed by atoms with E-state index in [-0.39, 0.29) is 16.8 Å². The van der Waals surface area contributed by atoms with Crippen LogP contribution in [0.15, 0.2) is 23.0 Å². The van der Waals surface area contributed by atoms with Crippen LogP contribution in [0, 0.1) is 0 Å². The lowest BCUT2D eigenvalue weighted by atomic mass is 10.1. The SMILES string of the molecule is Nn1c(C2CC2)nc2cc(C(F)(F)F)ccc2c1=O. The van der Waals surface area contributed by atoms with E-state index in [1.807, 2.05) is 0 Å². The predicted molar refractivity (Wildman–Crippen MR) is 63.1 cm³/mol. The highest BCUT2D eigenvalue weighted by Gasteiger charge is 2.32. The molecule has 0 bridgehead atoms. The molecule has 0 unspecified atom stereocenters. The van der Waals surface area contributed by atoms with E-state index >= 15 is 0 Å². The second-order valence-corrected chi connectivity index (χ2v) is 4.65. The first-order chi connectivity index (χ1) is 8.88. The summed E-state index contributed by atoms with van der Waals surface area (Å²) >= 11 is 0. The number of benzene rings is 1. The van der Waals surface area contributed by atoms with Crippen molar-refractivity contribution in [3.8, 4) is 0 Å². The Kier molecular flexibility index (Phi) is 2.35. The first kappa shape index (κ1) is 12.0. The van der Waals surface area contributed by atoms with E-state index in [1.165, 1.54) is 0 Å². The average Bonchev–Trinajstić information content (AvgIpc) is 3.16. The summed E-state index contributed by atoms with van der Waals surface area (Å²) in [5.41, 5.74) is -1.28. The van der Waals surface area contributed by atoms with Crippen molar-refractivity contribution in [3.05, 3.63) is 39.9 Å². The third-order valence-electron chi connectivity index (χ3n) is 3.20. The van der Waals surface area contributed by atoms with Gasteiger partial charge in [-0.15, -0.1) is 0 Å². The molecule has 0 saturated heterocycles. The number of fused-ring (bicyclic) bond motifs is 1. The van der Waals surface area contributed by atoms with Crippen molar-refractivity contribution in [2.75, 3.05) is 5.84 Å². The molecule has 1 aliphatic rings. The topological polar surface area (TPSA) is 60.9 Å². The number of nitrogen functional groups attached to an aromatic ring is 1. The molecule has 1 aromatic heterocycles. The van der Waals surface area contributed by atoms with Gasteiger partial charge < -0.3 is 5.84 Å². The highest BCUT2D eigenvalue weighted by Crippen LogP contribution is 2.38. The smallest absolute Gasteiger partial charge is 0.335 e. The fourth-order valence-electron chi connectivity index (χ4n) is 2.02. The van der Waals surface area contributed by atoms with Gasteiger partial charge in [0.1, 0.15) is 5.82 Å². The lowest BCUT2D eigenvalue weighted by Gasteiger charge is -2.10. The normalized spacial score (nSPS) is 15.9. The summed E-state index contributed by atoms with van der Waals surface area (Å²) in [6, 6.07) is 2.87. The van der Waals surface area contributed by atoms with Gasteiger partial charge in [0.15, 0.2) is 0 Å². The quantitative estimate of drug-likeness (QED) is 0.805. The Morgan fingerprint density at radius 2 is 2.00 bits per heavy atom. The van der Waals surface area contributed by atoms with E-state index in [0.29, 0.717) is 5.82 Å². The van der Waals surface area contributed by atoms with E-state index in [9.17, 15) is 18.0 Å². The van der Waals surface area contributed by atoms with E-state index < -0.39 is 17.3 Å². The zero-order chi connectivity index (χ0) is 13.8. The van der Waals surface area contributed by atoms with Crippen LogP contribution in [-0.4, -0.2) is 9.66 Å². The Morgan fingerprint density at radius 3 is 2.58 bits per heavy atom. The van der Waals surface area contributed by atoms with E-state index in [2.05, 4.69) is 4.98 Å². The molecule has 2 aromatic rings. The van der Waals surface area contributed by atoms with Crippen LogP contribution in [0.25, 0.3) is 10.9 Å². The fraction of sp³-hybridized carbons (Fsp3) is 0.333. The Morgan fingerprint density at radius 1 is 1.32 bits per heavy atom. The van der Waals surface area contributed by atoms with Crippen molar-refractivity contribution < 1.29 is 13.2 Å². The molecule has 1 saturated carbocycles. The van der Waals surface area contributed by atoms with Crippen molar-refractivity contribution in [1.82, 2.24) is 9.66 Å². The number of hydrogen-bond donors (Lipinski definition) is 1. The van der Waals surface area contributed by atoms with Crippen molar-refractivity contribution in [1.29, 1.82) is 0 Å². The van der Waals surface area contributed by atoms with Crippen LogP contribution in [0.1, 0.15) is 30.1 Å². The van der Waals surface area contributed by atoms with Gasteiger partial charge in [-0.1, -0.05) is 0 Å². The summed E-state index contributed by atoms with van der Waals surface area (Å²) < 4.78 is 38.8. The van der Waals surface area contributed by atoms with Gasteiger partial charge in [0, 0.05) is 5.92 Å². The molecular formula is C12H10F3N3O. The van der Waals surface area contributed by atoms with Crippen LogP contribution < -0.4 is 11.4 Å². The average molecular weight is 269 g/mol. The summed E-state index contributed by atoms with van der Waals surface area (Å²) in [7, 11) is 0. The predicted octanol–water partition coefficient (Wildman–Crippen LogP) is 2.01.